The molecule has 1 aromatic carbocycles. The summed E-state index contributed by atoms with van der Waals surface area (Å²) < 4.78 is 1.09. The van der Waals surface area contributed by atoms with Crippen LogP contribution in [0, 0.1) is 5.92 Å². The molecule has 2 nitrogen and oxygen atoms in total. The molecule has 3 heteroatoms. The highest BCUT2D eigenvalue weighted by atomic mass is 79.9. The Labute approximate surface area is 111 Å². The van der Waals surface area contributed by atoms with Crippen LogP contribution in [0.5, 0.6) is 0 Å². The van der Waals surface area contributed by atoms with E-state index < -0.39 is 0 Å². The molecule has 0 radical (unpaired) electrons. The van der Waals surface area contributed by atoms with Crippen molar-refractivity contribution in [2.24, 2.45) is 5.92 Å². The predicted molar refractivity (Wildman–Crippen MR) is 73.1 cm³/mol. The van der Waals surface area contributed by atoms with Crippen molar-refractivity contribution in [1.29, 1.82) is 0 Å². The molecule has 0 bridgehead atoms. The van der Waals surface area contributed by atoms with Crippen molar-refractivity contribution in [2.75, 3.05) is 13.1 Å². The smallest absolute Gasteiger partial charge is 0.137 e. The van der Waals surface area contributed by atoms with Gasteiger partial charge in [-0.15, -0.1) is 0 Å². The van der Waals surface area contributed by atoms with Gasteiger partial charge in [-0.25, -0.2) is 0 Å². The second-order valence-electron chi connectivity index (χ2n) is 4.64. The number of hydrogen-bond donors (Lipinski definition) is 1. The first-order valence-corrected chi connectivity index (χ1v) is 7.03. The maximum atomic E-state index is 12.0. The van der Waals surface area contributed by atoms with Gasteiger partial charge in [-0.2, -0.15) is 0 Å². The van der Waals surface area contributed by atoms with Crippen LogP contribution in [0.15, 0.2) is 28.7 Å². The van der Waals surface area contributed by atoms with Crippen LogP contribution >= 0.6 is 15.9 Å². The van der Waals surface area contributed by atoms with Gasteiger partial charge < -0.3 is 5.32 Å². The zero-order valence-corrected chi connectivity index (χ0v) is 11.5. The van der Waals surface area contributed by atoms with Crippen LogP contribution in [0.1, 0.15) is 24.8 Å². The number of benzene rings is 1. The molecule has 2 rings (SSSR count). The molecular weight excluding hydrogens is 278 g/mol. The molecular formula is C14H18BrNO. The molecule has 0 saturated carbocycles. The molecule has 1 unspecified atom stereocenters. The molecule has 1 aliphatic heterocycles. The van der Waals surface area contributed by atoms with E-state index in [-0.39, 0.29) is 5.92 Å². The first-order chi connectivity index (χ1) is 8.25. The van der Waals surface area contributed by atoms with Crippen LogP contribution in [0.25, 0.3) is 0 Å². The van der Waals surface area contributed by atoms with Gasteiger partial charge in [0.2, 0.25) is 0 Å². The number of nitrogens with one attached hydrogen (secondary N) is 1. The standard InChI is InChI=1S/C14H18BrNO/c15-13-6-3-11(4-7-13)5-8-14(17)12-2-1-9-16-10-12/h3-4,6-7,12,16H,1-2,5,8-10H2. The molecule has 1 N–H and O–H groups in total. The molecule has 1 aromatic rings. The predicted octanol–water partition coefficient (Wildman–Crippen LogP) is 2.95. The van der Waals surface area contributed by atoms with E-state index in [1.54, 1.807) is 0 Å². The summed E-state index contributed by atoms with van der Waals surface area (Å²) in [6, 6.07) is 8.22. The van der Waals surface area contributed by atoms with E-state index in [9.17, 15) is 4.79 Å². The summed E-state index contributed by atoms with van der Waals surface area (Å²) in [6.45, 7) is 1.94. The van der Waals surface area contributed by atoms with Gasteiger partial charge in [-0.1, -0.05) is 28.1 Å². The van der Waals surface area contributed by atoms with Crippen molar-refractivity contribution < 1.29 is 4.79 Å². The summed E-state index contributed by atoms with van der Waals surface area (Å²) in [5.74, 6) is 0.666. The largest absolute Gasteiger partial charge is 0.316 e. The van der Waals surface area contributed by atoms with Crippen LogP contribution in [0.2, 0.25) is 0 Å². The fourth-order valence-electron chi connectivity index (χ4n) is 2.25. The summed E-state index contributed by atoms with van der Waals surface area (Å²) >= 11 is 3.41. The molecule has 92 valence electrons. The molecule has 1 heterocycles. The first-order valence-electron chi connectivity index (χ1n) is 6.23. The minimum atomic E-state index is 0.249. The number of carbonyl (C=O) groups excluding carboxylic acids is 1. The molecule has 0 aliphatic carbocycles. The van der Waals surface area contributed by atoms with Crippen LogP contribution in [-0.2, 0) is 11.2 Å². The number of Topliss-reactive ketones (excluding diaryl/α,β-unsaturated/α-hetero) is 1. The topological polar surface area (TPSA) is 29.1 Å². The highest BCUT2D eigenvalue weighted by Gasteiger charge is 2.20. The summed E-state index contributed by atoms with van der Waals surface area (Å²) in [5.41, 5.74) is 1.24. The van der Waals surface area contributed by atoms with E-state index in [2.05, 4.69) is 33.4 Å². The third kappa shape index (κ3) is 3.93. The SMILES string of the molecule is O=C(CCc1ccc(Br)cc1)C1CCCNC1. The Hall–Kier alpha value is -0.670. The Morgan fingerprint density at radius 2 is 2.12 bits per heavy atom. The number of carbonyl (C=O) groups is 1. The zero-order chi connectivity index (χ0) is 12.1. The molecule has 17 heavy (non-hydrogen) atoms. The third-order valence-corrected chi connectivity index (χ3v) is 3.85. The van der Waals surface area contributed by atoms with Gasteiger partial charge in [-0.3, -0.25) is 4.79 Å². The third-order valence-electron chi connectivity index (χ3n) is 3.33. The molecule has 0 amide bonds. The van der Waals surface area contributed by atoms with E-state index in [0.717, 1.165) is 36.8 Å². The van der Waals surface area contributed by atoms with Gasteiger partial charge in [-0.05, 0) is 43.5 Å². The van der Waals surface area contributed by atoms with Crippen molar-refractivity contribution >= 4 is 21.7 Å². The molecule has 1 saturated heterocycles. The van der Waals surface area contributed by atoms with Crippen molar-refractivity contribution in [3.05, 3.63) is 34.3 Å². The van der Waals surface area contributed by atoms with Gasteiger partial charge >= 0.3 is 0 Å². The van der Waals surface area contributed by atoms with Crippen molar-refractivity contribution in [3.8, 4) is 0 Å². The Morgan fingerprint density at radius 1 is 1.35 bits per heavy atom. The molecule has 0 spiro atoms. The van der Waals surface area contributed by atoms with Gasteiger partial charge in [0.1, 0.15) is 5.78 Å². The maximum Gasteiger partial charge on any atom is 0.137 e. The van der Waals surface area contributed by atoms with Gasteiger partial charge in [0.15, 0.2) is 0 Å². The van der Waals surface area contributed by atoms with E-state index in [0.29, 0.717) is 12.2 Å². The van der Waals surface area contributed by atoms with Crippen molar-refractivity contribution in [1.82, 2.24) is 5.32 Å². The Morgan fingerprint density at radius 3 is 2.76 bits per heavy atom. The summed E-state index contributed by atoms with van der Waals surface area (Å²) in [6.07, 6.45) is 3.73. The van der Waals surface area contributed by atoms with Crippen molar-refractivity contribution in [3.63, 3.8) is 0 Å². The lowest BCUT2D eigenvalue weighted by atomic mass is 9.92. The second kappa shape index (κ2) is 6.31. The molecule has 1 aliphatic rings. The van der Waals surface area contributed by atoms with E-state index in [4.69, 9.17) is 0 Å². The fourth-order valence-corrected chi connectivity index (χ4v) is 2.51. The molecule has 0 aromatic heterocycles. The highest BCUT2D eigenvalue weighted by Crippen LogP contribution is 2.16. The zero-order valence-electron chi connectivity index (χ0n) is 9.92. The van der Waals surface area contributed by atoms with E-state index >= 15 is 0 Å². The number of piperidine rings is 1. The first kappa shape index (κ1) is 12.8. The van der Waals surface area contributed by atoms with E-state index in [1.807, 2.05) is 12.1 Å². The minimum Gasteiger partial charge on any atom is -0.316 e. The quantitative estimate of drug-likeness (QED) is 0.925. The van der Waals surface area contributed by atoms with Crippen LogP contribution in [-0.4, -0.2) is 18.9 Å². The van der Waals surface area contributed by atoms with Crippen LogP contribution in [0.3, 0.4) is 0 Å². The highest BCUT2D eigenvalue weighted by molar-refractivity contribution is 9.10. The number of halogens is 1. The van der Waals surface area contributed by atoms with Crippen molar-refractivity contribution in [2.45, 2.75) is 25.7 Å². The average Bonchev–Trinajstić information content (AvgIpc) is 2.39. The summed E-state index contributed by atoms with van der Waals surface area (Å²) in [4.78, 5) is 12.0. The Bertz CT molecular complexity index is 368. The normalized spacial score (nSPS) is 20.2. The van der Waals surface area contributed by atoms with Gasteiger partial charge in [0.05, 0.1) is 0 Å². The minimum absolute atomic E-state index is 0.249. The lowest BCUT2D eigenvalue weighted by Gasteiger charge is -2.21. The molecule has 1 fully saturated rings. The second-order valence-corrected chi connectivity index (χ2v) is 5.55. The number of rotatable bonds is 4. The lowest BCUT2D eigenvalue weighted by Crippen LogP contribution is -2.34. The summed E-state index contributed by atoms with van der Waals surface area (Å²) in [5, 5.41) is 3.29. The van der Waals surface area contributed by atoms with Gasteiger partial charge in [0, 0.05) is 23.4 Å². The maximum absolute atomic E-state index is 12.0. The number of ketones is 1. The lowest BCUT2D eigenvalue weighted by molar-refractivity contribution is -0.123. The Balaban J connectivity index is 1.81. The van der Waals surface area contributed by atoms with Crippen LogP contribution in [0.4, 0.5) is 0 Å². The monoisotopic (exact) mass is 295 g/mol. The van der Waals surface area contributed by atoms with Gasteiger partial charge in [0.25, 0.3) is 0 Å². The summed E-state index contributed by atoms with van der Waals surface area (Å²) in [7, 11) is 0. The Kier molecular flexibility index (Phi) is 4.75. The van der Waals surface area contributed by atoms with E-state index in [1.165, 1.54) is 5.56 Å². The number of hydrogen-bond acceptors (Lipinski definition) is 2. The van der Waals surface area contributed by atoms with Crippen LogP contribution < -0.4 is 5.32 Å². The number of aryl methyl sites for hydroxylation is 1. The molecule has 1 atom stereocenters. The fraction of sp³-hybridized carbons (Fsp3) is 0.500. The average molecular weight is 296 g/mol.